The molecule has 0 atom stereocenters. The number of ether oxygens (including phenoxy) is 3. The summed E-state index contributed by atoms with van der Waals surface area (Å²) in [6.07, 6.45) is 6.13. The molecule has 182 valence electrons. The Labute approximate surface area is 200 Å². The average molecular weight is 467 g/mol. The van der Waals surface area contributed by atoms with Crippen LogP contribution in [-0.2, 0) is 0 Å². The van der Waals surface area contributed by atoms with Gasteiger partial charge in [-0.3, -0.25) is 4.79 Å². The molecule has 0 unspecified atom stereocenters. The van der Waals surface area contributed by atoms with Crippen LogP contribution in [0.4, 0.5) is 0 Å². The lowest BCUT2D eigenvalue weighted by atomic mass is 10.0. The molecule has 1 aliphatic rings. The van der Waals surface area contributed by atoms with Crippen LogP contribution in [0.5, 0.6) is 17.2 Å². The van der Waals surface area contributed by atoms with E-state index < -0.39 is 0 Å². The van der Waals surface area contributed by atoms with Crippen LogP contribution < -0.4 is 25.0 Å². The van der Waals surface area contributed by atoms with Gasteiger partial charge in [-0.25, -0.2) is 0 Å². The van der Waals surface area contributed by atoms with Gasteiger partial charge in [0.05, 0.1) is 31.8 Å². The minimum absolute atomic E-state index is 0.0930. The molecule has 34 heavy (non-hydrogen) atoms. The maximum absolute atomic E-state index is 13.1. The van der Waals surface area contributed by atoms with Gasteiger partial charge in [0.15, 0.2) is 16.9 Å². The Morgan fingerprint density at radius 3 is 2.53 bits per heavy atom. The van der Waals surface area contributed by atoms with Gasteiger partial charge in [-0.15, -0.1) is 0 Å². The second kappa shape index (κ2) is 11.9. The Kier molecular flexibility index (Phi) is 8.44. The zero-order chi connectivity index (χ0) is 23.8. The summed E-state index contributed by atoms with van der Waals surface area (Å²) in [5.74, 6) is 1.89. The van der Waals surface area contributed by atoms with Crippen molar-refractivity contribution in [2.45, 2.75) is 25.7 Å². The molecule has 1 aliphatic heterocycles. The zero-order valence-corrected chi connectivity index (χ0v) is 20.1. The van der Waals surface area contributed by atoms with Crippen molar-refractivity contribution in [3.05, 3.63) is 52.9 Å². The van der Waals surface area contributed by atoms with Crippen LogP contribution in [0.2, 0.25) is 0 Å². The maximum atomic E-state index is 13.1. The standard InChI is InChI=1S/C27H34N2O5/c1-31-24-10-7-20(17-26(24)32-2)23-19-34-25-18-21(8-9-22(25)27(23)30)33-16-6-4-3-5-13-29-14-11-28-12-15-29/h7-10,17-19,28H,3-6,11-16H2,1-2H3. The molecule has 0 spiro atoms. The molecule has 2 heterocycles. The summed E-state index contributed by atoms with van der Waals surface area (Å²) in [4.78, 5) is 15.6. The summed E-state index contributed by atoms with van der Waals surface area (Å²) in [5, 5.41) is 3.91. The van der Waals surface area contributed by atoms with Crippen LogP contribution in [0.25, 0.3) is 22.1 Å². The van der Waals surface area contributed by atoms with Gasteiger partial charge in [0, 0.05) is 32.2 Å². The van der Waals surface area contributed by atoms with Gasteiger partial charge >= 0.3 is 0 Å². The average Bonchev–Trinajstić information content (AvgIpc) is 2.88. The highest BCUT2D eigenvalue weighted by Crippen LogP contribution is 2.32. The fraction of sp³-hybridized carbons (Fsp3) is 0.444. The first-order valence-corrected chi connectivity index (χ1v) is 12.0. The molecule has 0 radical (unpaired) electrons. The van der Waals surface area contributed by atoms with E-state index in [2.05, 4.69) is 10.2 Å². The molecule has 1 N–H and O–H groups in total. The third-order valence-corrected chi connectivity index (χ3v) is 6.29. The van der Waals surface area contributed by atoms with Crippen molar-refractivity contribution < 1.29 is 18.6 Å². The summed E-state index contributed by atoms with van der Waals surface area (Å²) in [6, 6.07) is 10.8. The van der Waals surface area contributed by atoms with Gasteiger partial charge < -0.3 is 28.8 Å². The molecule has 7 nitrogen and oxygen atoms in total. The van der Waals surface area contributed by atoms with Gasteiger partial charge in [0.2, 0.25) is 0 Å². The fourth-order valence-corrected chi connectivity index (χ4v) is 4.32. The van der Waals surface area contributed by atoms with Crippen LogP contribution in [-0.4, -0.2) is 58.5 Å². The lowest BCUT2D eigenvalue weighted by Gasteiger charge is -2.26. The van der Waals surface area contributed by atoms with Crippen LogP contribution in [0, 0.1) is 0 Å². The predicted octanol–water partition coefficient (Wildman–Crippen LogP) is 4.32. The van der Waals surface area contributed by atoms with E-state index >= 15 is 0 Å². The second-order valence-electron chi connectivity index (χ2n) is 8.56. The summed E-state index contributed by atoms with van der Waals surface area (Å²) < 4.78 is 22.4. The van der Waals surface area contributed by atoms with Crippen molar-refractivity contribution in [1.82, 2.24) is 10.2 Å². The van der Waals surface area contributed by atoms with Crippen molar-refractivity contribution in [2.24, 2.45) is 0 Å². The first kappa shape index (κ1) is 24.1. The molecule has 1 fully saturated rings. The third-order valence-electron chi connectivity index (χ3n) is 6.29. The lowest BCUT2D eigenvalue weighted by Crippen LogP contribution is -2.43. The number of piperazine rings is 1. The highest BCUT2D eigenvalue weighted by molar-refractivity contribution is 5.83. The van der Waals surface area contributed by atoms with E-state index in [4.69, 9.17) is 18.6 Å². The Hall–Kier alpha value is -3.03. The quantitative estimate of drug-likeness (QED) is 0.422. The second-order valence-corrected chi connectivity index (χ2v) is 8.56. The predicted molar refractivity (Wildman–Crippen MR) is 134 cm³/mol. The molecule has 3 aromatic rings. The molecule has 1 saturated heterocycles. The van der Waals surface area contributed by atoms with Gasteiger partial charge in [0.25, 0.3) is 0 Å². The van der Waals surface area contributed by atoms with Gasteiger partial charge in [-0.1, -0.05) is 18.9 Å². The molecule has 7 heteroatoms. The number of unbranched alkanes of at least 4 members (excludes halogenated alkanes) is 3. The number of nitrogens with one attached hydrogen (secondary N) is 1. The number of benzene rings is 2. The van der Waals surface area contributed by atoms with Crippen molar-refractivity contribution in [1.29, 1.82) is 0 Å². The Morgan fingerprint density at radius 1 is 0.941 bits per heavy atom. The smallest absolute Gasteiger partial charge is 0.200 e. The molecular weight excluding hydrogens is 432 g/mol. The topological polar surface area (TPSA) is 73.2 Å². The molecule has 0 aliphatic carbocycles. The van der Waals surface area contributed by atoms with E-state index in [1.807, 2.05) is 12.1 Å². The number of hydrogen-bond acceptors (Lipinski definition) is 7. The molecule has 0 amide bonds. The van der Waals surface area contributed by atoms with Gasteiger partial charge in [-0.05, 0) is 49.2 Å². The van der Waals surface area contributed by atoms with Crippen LogP contribution in [0.15, 0.2) is 51.9 Å². The van der Waals surface area contributed by atoms with Crippen molar-refractivity contribution >= 4 is 11.0 Å². The molecule has 2 aromatic carbocycles. The number of rotatable bonds is 11. The SMILES string of the molecule is COc1ccc(-c2coc3cc(OCCCCCCN4CCNCC4)ccc3c2=O)cc1OC. The number of methoxy groups -OCH3 is 2. The van der Waals surface area contributed by atoms with Gasteiger partial charge in [-0.2, -0.15) is 0 Å². The molecule has 1 aromatic heterocycles. The fourth-order valence-electron chi connectivity index (χ4n) is 4.32. The Balaban J connectivity index is 1.31. The van der Waals surface area contributed by atoms with E-state index in [0.29, 0.717) is 40.2 Å². The highest BCUT2D eigenvalue weighted by atomic mass is 16.5. The minimum Gasteiger partial charge on any atom is -0.493 e. The van der Waals surface area contributed by atoms with E-state index in [1.165, 1.54) is 25.6 Å². The van der Waals surface area contributed by atoms with Crippen molar-refractivity contribution in [3.8, 4) is 28.4 Å². The zero-order valence-electron chi connectivity index (χ0n) is 20.1. The number of nitrogens with zero attached hydrogens (tertiary/aromatic N) is 1. The van der Waals surface area contributed by atoms with Crippen molar-refractivity contribution in [3.63, 3.8) is 0 Å². The minimum atomic E-state index is -0.0930. The van der Waals surface area contributed by atoms with E-state index in [-0.39, 0.29) is 5.43 Å². The largest absolute Gasteiger partial charge is 0.493 e. The van der Waals surface area contributed by atoms with E-state index in [1.54, 1.807) is 38.5 Å². The Bertz CT molecular complexity index is 1140. The summed E-state index contributed by atoms with van der Waals surface area (Å²) in [7, 11) is 3.15. The number of hydrogen-bond donors (Lipinski definition) is 1. The van der Waals surface area contributed by atoms with Gasteiger partial charge in [0.1, 0.15) is 17.6 Å². The summed E-state index contributed by atoms with van der Waals surface area (Å²) >= 11 is 0. The normalized spacial score (nSPS) is 14.3. The lowest BCUT2D eigenvalue weighted by molar-refractivity contribution is 0.234. The first-order valence-electron chi connectivity index (χ1n) is 12.0. The van der Waals surface area contributed by atoms with Crippen LogP contribution in [0.3, 0.4) is 0 Å². The van der Waals surface area contributed by atoms with E-state index in [0.717, 1.165) is 44.8 Å². The molecule has 0 saturated carbocycles. The van der Waals surface area contributed by atoms with Crippen LogP contribution >= 0.6 is 0 Å². The monoisotopic (exact) mass is 466 g/mol. The number of fused-ring (bicyclic) bond motifs is 1. The highest BCUT2D eigenvalue weighted by Gasteiger charge is 2.13. The molecular formula is C27H34N2O5. The summed E-state index contributed by atoms with van der Waals surface area (Å²) in [5.41, 5.74) is 1.61. The third kappa shape index (κ3) is 5.90. The molecule has 4 rings (SSSR count). The van der Waals surface area contributed by atoms with E-state index in [9.17, 15) is 4.79 Å². The first-order chi connectivity index (χ1) is 16.7. The molecule has 0 bridgehead atoms. The maximum Gasteiger partial charge on any atom is 0.200 e. The summed E-state index contributed by atoms with van der Waals surface area (Å²) in [6.45, 7) is 6.40. The Morgan fingerprint density at radius 2 is 1.74 bits per heavy atom. The van der Waals surface area contributed by atoms with Crippen molar-refractivity contribution in [2.75, 3.05) is 53.6 Å². The van der Waals surface area contributed by atoms with Crippen LogP contribution in [0.1, 0.15) is 25.7 Å².